The Bertz CT molecular complexity index is 488. The van der Waals surface area contributed by atoms with E-state index in [0.717, 1.165) is 40.7 Å². The molecule has 0 aliphatic heterocycles. The smallest absolute Gasteiger partial charge is 0.133 e. The fraction of sp³-hybridized carbons (Fsp3) is 0.312. The zero-order valence-electron chi connectivity index (χ0n) is 10.4. The second-order valence-corrected chi connectivity index (χ2v) is 4.89. The Morgan fingerprint density at radius 3 is 2.41 bits per heavy atom. The molecule has 17 heavy (non-hydrogen) atoms. The Morgan fingerprint density at radius 1 is 1.18 bits per heavy atom. The van der Waals surface area contributed by atoms with E-state index in [9.17, 15) is 4.79 Å². The topological polar surface area (TPSA) is 17.1 Å². The molecule has 2 aliphatic carbocycles. The average Bonchev–Trinajstić information content (AvgIpc) is 2.32. The Kier molecular flexibility index (Phi) is 2.78. The maximum Gasteiger partial charge on any atom is 0.133 e. The number of allylic oxidation sites excluding steroid dienone is 6. The van der Waals surface area contributed by atoms with Gasteiger partial charge < -0.3 is 0 Å². The highest BCUT2D eigenvalue weighted by Crippen LogP contribution is 2.48. The van der Waals surface area contributed by atoms with Crippen LogP contribution in [0.3, 0.4) is 0 Å². The summed E-state index contributed by atoms with van der Waals surface area (Å²) in [6.07, 6.45) is 4.01. The van der Waals surface area contributed by atoms with Crippen molar-refractivity contribution in [3.05, 3.63) is 60.3 Å². The molecular weight excluding hydrogens is 208 g/mol. The van der Waals surface area contributed by atoms with Crippen molar-refractivity contribution in [2.24, 2.45) is 11.8 Å². The van der Waals surface area contributed by atoms with Crippen molar-refractivity contribution in [3.8, 4) is 0 Å². The molecule has 0 amide bonds. The van der Waals surface area contributed by atoms with Crippen molar-refractivity contribution in [1.29, 1.82) is 0 Å². The highest BCUT2D eigenvalue weighted by molar-refractivity contribution is 5.82. The van der Waals surface area contributed by atoms with Gasteiger partial charge in [-0.25, -0.2) is 0 Å². The van der Waals surface area contributed by atoms with Gasteiger partial charge in [-0.2, -0.15) is 0 Å². The summed E-state index contributed by atoms with van der Waals surface area (Å²) in [4.78, 5) is 11.7. The van der Waals surface area contributed by atoms with Gasteiger partial charge in [0, 0.05) is 11.8 Å². The Labute approximate surface area is 103 Å². The van der Waals surface area contributed by atoms with Crippen LogP contribution >= 0.6 is 0 Å². The van der Waals surface area contributed by atoms with Crippen LogP contribution in [0.5, 0.6) is 0 Å². The molecule has 88 valence electrons. The van der Waals surface area contributed by atoms with Crippen LogP contribution in [0.2, 0.25) is 0 Å². The van der Waals surface area contributed by atoms with Crippen molar-refractivity contribution in [2.45, 2.75) is 19.8 Å². The van der Waals surface area contributed by atoms with Crippen LogP contribution in [-0.2, 0) is 4.79 Å². The van der Waals surface area contributed by atoms with Crippen LogP contribution in [-0.4, -0.2) is 5.78 Å². The molecule has 0 spiro atoms. The quantitative estimate of drug-likeness (QED) is 0.665. The molecule has 0 N–H and O–H groups in total. The van der Waals surface area contributed by atoms with Gasteiger partial charge in [-0.15, -0.1) is 0 Å². The Balaban J connectivity index is 2.51. The summed E-state index contributed by atoms with van der Waals surface area (Å²) in [5.41, 5.74) is 4.72. The summed E-state index contributed by atoms with van der Waals surface area (Å²) in [6, 6.07) is 0. The second kappa shape index (κ2) is 3.99. The summed E-state index contributed by atoms with van der Waals surface area (Å²) in [7, 11) is 0. The van der Waals surface area contributed by atoms with Crippen LogP contribution in [0, 0.1) is 11.8 Å². The van der Waals surface area contributed by atoms with Gasteiger partial charge in [-0.1, -0.05) is 32.4 Å². The van der Waals surface area contributed by atoms with Crippen molar-refractivity contribution >= 4 is 5.78 Å². The third kappa shape index (κ3) is 1.66. The summed E-state index contributed by atoms with van der Waals surface area (Å²) in [5.74, 6) is 0.339. The van der Waals surface area contributed by atoms with Gasteiger partial charge in [0.15, 0.2) is 0 Å². The van der Waals surface area contributed by atoms with E-state index in [4.69, 9.17) is 0 Å². The molecule has 0 radical (unpaired) electrons. The number of rotatable bonds is 1. The van der Waals surface area contributed by atoms with Gasteiger partial charge >= 0.3 is 0 Å². The molecule has 1 nitrogen and oxygen atoms in total. The Morgan fingerprint density at radius 2 is 1.82 bits per heavy atom. The van der Waals surface area contributed by atoms with Crippen LogP contribution in [0.4, 0.5) is 0 Å². The van der Waals surface area contributed by atoms with E-state index in [1.54, 1.807) is 6.92 Å². The van der Waals surface area contributed by atoms with Gasteiger partial charge in [0.25, 0.3) is 0 Å². The summed E-state index contributed by atoms with van der Waals surface area (Å²) >= 11 is 0. The van der Waals surface area contributed by atoms with E-state index in [2.05, 4.69) is 32.4 Å². The zero-order valence-corrected chi connectivity index (χ0v) is 10.4. The molecule has 2 unspecified atom stereocenters. The van der Waals surface area contributed by atoms with Crippen LogP contribution in [0.25, 0.3) is 0 Å². The number of hydrogen-bond donors (Lipinski definition) is 0. The van der Waals surface area contributed by atoms with Gasteiger partial charge in [-0.3, -0.25) is 4.79 Å². The largest absolute Gasteiger partial charge is 0.300 e. The minimum atomic E-state index is 0.0316. The fourth-order valence-electron chi connectivity index (χ4n) is 2.85. The van der Waals surface area contributed by atoms with Gasteiger partial charge in [0.2, 0.25) is 0 Å². The lowest BCUT2D eigenvalue weighted by atomic mass is 9.64. The third-order valence-corrected chi connectivity index (χ3v) is 3.94. The predicted octanol–water partition coefficient (Wildman–Crippen LogP) is 3.77. The van der Waals surface area contributed by atoms with Gasteiger partial charge in [0.05, 0.1) is 0 Å². The Hall–Kier alpha value is -1.63. The molecule has 2 atom stereocenters. The van der Waals surface area contributed by atoms with Crippen LogP contribution < -0.4 is 0 Å². The molecule has 0 aromatic rings. The standard InChI is InChI=1S/C16H18O/c1-9-10(2)12(4)16-14(11(9)3)7-6-8-15(16)13(5)17/h7,15-16H,1-4,6,8H2,5H3. The predicted molar refractivity (Wildman–Crippen MR) is 71.5 cm³/mol. The number of carbonyl (C=O) groups excluding carboxylic acids is 1. The maximum absolute atomic E-state index is 11.7. The van der Waals surface area contributed by atoms with Crippen molar-refractivity contribution in [1.82, 2.24) is 0 Å². The summed E-state index contributed by atoms with van der Waals surface area (Å²) in [5, 5.41) is 0. The molecule has 1 saturated carbocycles. The van der Waals surface area contributed by atoms with Crippen molar-refractivity contribution < 1.29 is 4.79 Å². The van der Waals surface area contributed by atoms with Gasteiger partial charge in [-0.05, 0) is 47.6 Å². The number of carbonyl (C=O) groups is 1. The monoisotopic (exact) mass is 226 g/mol. The summed E-state index contributed by atoms with van der Waals surface area (Å²) < 4.78 is 0. The van der Waals surface area contributed by atoms with E-state index in [0.29, 0.717) is 0 Å². The first-order chi connectivity index (χ1) is 7.95. The highest BCUT2D eigenvalue weighted by Gasteiger charge is 2.38. The molecule has 0 saturated heterocycles. The molecular formula is C16H18O. The lowest BCUT2D eigenvalue weighted by Gasteiger charge is -2.39. The lowest BCUT2D eigenvalue weighted by molar-refractivity contribution is -0.121. The van der Waals surface area contributed by atoms with E-state index in [1.807, 2.05) is 0 Å². The molecule has 0 bridgehead atoms. The highest BCUT2D eigenvalue weighted by atomic mass is 16.1. The number of ketones is 1. The van der Waals surface area contributed by atoms with E-state index in [-0.39, 0.29) is 17.6 Å². The van der Waals surface area contributed by atoms with Crippen molar-refractivity contribution in [2.75, 3.05) is 0 Å². The van der Waals surface area contributed by atoms with E-state index >= 15 is 0 Å². The maximum atomic E-state index is 11.7. The number of fused-ring (bicyclic) bond motifs is 1. The fourth-order valence-corrected chi connectivity index (χ4v) is 2.85. The van der Waals surface area contributed by atoms with Crippen molar-refractivity contribution in [3.63, 3.8) is 0 Å². The van der Waals surface area contributed by atoms with E-state index in [1.165, 1.54) is 0 Å². The summed E-state index contributed by atoms with van der Waals surface area (Å²) in [6.45, 7) is 17.9. The first-order valence-electron chi connectivity index (χ1n) is 5.92. The lowest BCUT2D eigenvalue weighted by Crippen LogP contribution is -2.31. The van der Waals surface area contributed by atoms with Crippen LogP contribution in [0.15, 0.2) is 60.3 Å². The van der Waals surface area contributed by atoms with E-state index < -0.39 is 0 Å². The number of hydrogen-bond acceptors (Lipinski definition) is 1. The average molecular weight is 226 g/mol. The molecule has 1 fully saturated rings. The normalized spacial score (nSPS) is 28.9. The number of Topliss-reactive ketones (excluding diaryl/α,β-unsaturated/α-hetero) is 1. The minimum Gasteiger partial charge on any atom is -0.300 e. The molecule has 0 aromatic heterocycles. The minimum absolute atomic E-state index is 0.0316. The zero-order chi connectivity index (χ0) is 12.7. The first-order valence-corrected chi connectivity index (χ1v) is 5.92. The van der Waals surface area contributed by atoms with Gasteiger partial charge in [0.1, 0.15) is 5.78 Å². The second-order valence-electron chi connectivity index (χ2n) is 4.89. The third-order valence-electron chi connectivity index (χ3n) is 3.94. The van der Waals surface area contributed by atoms with Crippen LogP contribution in [0.1, 0.15) is 19.8 Å². The SMILES string of the molecule is C=C1C(=C)C(=C)C2C(=CCCC2C(C)=O)C1=C. The molecule has 0 heterocycles. The molecule has 1 heteroatoms. The first kappa shape index (κ1) is 11.8. The molecule has 2 rings (SSSR count). The molecule has 2 aliphatic rings. The molecule has 0 aromatic carbocycles.